The lowest BCUT2D eigenvalue weighted by atomic mass is 9.89. The van der Waals surface area contributed by atoms with Crippen LogP contribution in [-0.4, -0.2) is 80.7 Å². The minimum Gasteiger partial charge on any atom is -0.386 e. The van der Waals surface area contributed by atoms with Gasteiger partial charge in [-0.2, -0.15) is 10.2 Å². The van der Waals surface area contributed by atoms with E-state index in [-0.39, 0.29) is 5.91 Å². The maximum absolute atomic E-state index is 13.4. The summed E-state index contributed by atoms with van der Waals surface area (Å²) in [5.74, 6) is -0.353. The second-order valence-electron chi connectivity index (χ2n) is 12.0. The molecule has 4 aromatic rings. The van der Waals surface area contributed by atoms with E-state index in [2.05, 4.69) is 36.4 Å². The van der Waals surface area contributed by atoms with Crippen LogP contribution in [0.3, 0.4) is 0 Å². The van der Waals surface area contributed by atoms with Crippen LogP contribution in [0.4, 0.5) is 11.4 Å². The third kappa shape index (κ3) is 5.63. The Balaban J connectivity index is 1.21. The van der Waals surface area contributed by atoms with Crippen LogP contribution in [-0.2, 0) is 10.3 Å². The Kier molecular flexibility index (Phi) is 7.72. The standard InChI is InChI=1S/C31H38N8O3/c1-31(2,41)26-15-27-20(13-28(26)35-30(40)29-10-9-25-14-21(32-3)16-34-39(25)29)17-38(36-27)24-7-5-23(6-8-24)37-12-11-33-22(18-37)19-42-4/h9-10,13-17,22-24,33,41H,5-8,11-12,18-19H2,1-2,4H3,(H,35,40)/t22-,23?,24?/m0/s1. The van der Waals surface area contributed by atoms with Crippen LogP contribution in [0.15, 0.2) is 42.7 Å². The Hall–Kier alpha value is -3.82. The lowest BCUT2D eigenvalue weighted by molar-refractivity contribution is 0.0712. The molecular weight excluding hydrogens is 532 g/mol. The lowest BCUT2D eigenvalue weighted by Gasteiger charge is -2.41. The van der Waals surface area contributed by atoms with Gasteiger partial charge in [0, 0.05) is 61.7 Å². The zero-order chi connectivity index (χ0) is 29.4. The molecule has 1 atom stereocenters. The van der Waals surface area contributed by atoms with Gasteiger partial charge in [0.1, 0.15) is 5.69 Å². The number of hydrogen-bond acceptors (Lipinski definition) is 7. The predicted octanol–water partition coefficient (Wildman–Crippen LogP) is 4.12. The van der Waals surface area contributed by atoms with E-state index in [1.807, 2.05) is 12.1 Å². The molecule has 2 aliphatic rings. The van der Waals surface area contributed by atoms with Crippen LogP contribution < -0.4 is 10.6 Å². The average Bonchev–Trinajstić information content (AvgIpc) is 3.60. The van der Waals surface area contributed by atoms with Crippen molar-refractivity contribution in [2.75, 3.05) is 38.7 Å². The van der Waals surface area contributed by atoms with Crippen molar-refractivity contribution in [2.24, 2.45) is 0 Å². The van der Waals surface area contributed by atoms with Gasteiger partial charge in [-0.3, -0.25) is 14.4 Å². The molecule has 6 rings (SSSR count). The first kappa shape index (κ1) is 28.3. The number of ether oxygens (including phenoxy) is 1. The molecule has 1 saturated carbocycles. The van der Waals surface area contributed by atoms with Gasteiger partial charge in [-0.15, -0.1) is 0 Å². The molecule has 1 amide bonds. The van der Waals surface area contributed by atoms with Crippen molar-refractivity contribution in [2.45, 2.75) is 63.3 Å². The van der Waals surface area contributed by atoms with Crippen molar-refractivity contribution in [1.82, 2.24) is 29.6 Å². The molecule has 1 aromatic carbocycles. The molecule has 1 aliphatic heterocycles. The summed E-state index contributed by atoms with van der Waals surface area (Å²) in [4.78, 5) is 19.4. The number of amides is 1. The number of nitrogens with one attached hydrogen (secondary N) is 2. The smallest absolute Gasteiger partial charge is 0.274 e. The van der Waals surface area contributed by atoms with Gasteiger partial charge in [0.25, 0.3) is 5.91 Å². The second-order valence-corrected chi connectivity index (χ2v) is 12.0. The number of nitrogens with zero attached hydrogens (tertiary/aromatic N) is 6. The van der Waals surface area contributed by atoms with E-state index in [9.17, 15) is 9.90 Å². The number of piperazine rings is 1. The van der Waals surface area contributed by atoms with Crippen molar-refractivity contribution in [3.63, 3.8) is 0 Å². The maximum Gasteiger partial charge on any atom is 0.274 e. The quantitative estimate of drug-likeness (QED) is 0.287. The predicted molar refractivity (Wildman–Crippen MR) is 161 cm³/mol. The summed E-state index contributed by atoms with van der Waals surface area (Å²) in [6, 6.07) is 10.2. The van der Waals surface area contributed by atoms with Crippen LogP contribution >= 0.6 is 0 Å². The van der Waals surface area contributed by atoms with Crippen LogP contribution in [0, 0.1) is 6.57 Å². The highest BCUT2D eigenvalue weighted by Crippen LogP contribution is 2.35. The van der Waals surface area contributed by atoms with E-state index in [1.54, 1.807) is 39.2 Å². The minimum atomic E-state index is -1.20. The summed E-state index contributed by atoms with van der Waals surface area (Å²) in [7, 11) is 1.76. The van der Waals surface area contributed by atoms with Crippen LogP contribution in [0.25, 0.3) is 21.3 Å². The number of hydrogen-bond donors (Lipinski definition) is 3. The number of aliphatic hydroxyl groups is 1. The van der Waals surface area contributed by atoms with E-state index in [0.717, 1.165) is 62.8 Å². The van der Waals surface area contributed by atoms with Gasteiger partial charge in [-0.25, -0.2) is 9.36 Å². The van der Waals surface area contributed by atoms with E-state index >= 15 is 0 Å². The molecule has 2 fully saturated rings. The van der Waals surface area contributed by atoms with Crippen molar-refractivity contribution in [3.05, 3.63) is 65.4 Å². The Morgan fingerprint density at radius 2 is 2.00 bits per heavy atom. The summed E-state index contributed by atoms with van der Waals surface area (Å²) < 4.78 is 8.96. The van der Waals surface area contributed by atoms with Gasteiger partial charge >= 0.3 is 0 Å². The second kappa shape index (κ2) is 11.5. The fraction of sp³-hybridized carbons (Fsp3) is 0.484. The molecule has 3 N–H and O–H groups in total. The van der Waals surface area contributed by atoms with Crippen LogP contribution in [0.2, 0.25) is 0 Å². The largest absolute Gasteiger partial charge is 0.386 e. The Bertz CT molecular complexity index is 1640. The number of benzene rings is 1. The SMILES string of the molecule is [C-]#[N+]c1cnn2c(C(=O)Nc3cc4cn(C5CCC(N6CCN[C@H](COC)C6)CC5)nc4cc3C(C)(C)O)ccc2c1. The molecule has 0 unspecified atom stereocenters. The van der Waals surface area contributed by atoms with Gasteiger partial charge < -0.3 is 20.5 Å². The summed E-state index contributed by atoms with van der Waals surface area (Å²) >= 11 is 0. The molecule has 11 heteroatoms. The molecule has 11 nitrogen and oxygen atoms in total. The van der Waals surface area contributed by atoms with E-state index in [1.165, 1.54) is 10.7 Å². The Labute approximate surface area is 245 Å². The fourth-order valence-corrected chi connectivity index (χ4v) is 6.48. The van der Waals surface area contributed by atoms with Crippen molar-refractivity contribution in [1.29, 1.82) is 0 Å². The van der Waals surface area contributed by atoms with E-state index < -0.39 is 5.60 Å². The minimum absolute atomic E-state index is 0.313. The fourth-order valence-electron chi connectivity index (χ4n) is 6.48. The van der Waals surface area contributed by atoms with E-state index in [0.29, 0.717) is 46.3 Å². The molecule has 3 aromatic heterocycles. The molecule has 1 aliphatic carbocycles. The molecule has 4 heterocycles. The molecular formula is C31H38N8O3. The highest BCUT2D eigenvalue weighted by atomic mass is 16.5. The van der Waals surface area contributed by atoms with Crippen LogP contribution in [0.5, 0.6) is 0 Å². The summed E-state index contributed by atoms with van der Waals surface area (Å²) in [6.45, 7) is 14.5. The number of rotatable bonds is 7. The number of methoxy groups -OCH3 is 1. The molecule has 220 valence electrons. The molecule has 0 spiro atoms. The number of carbonyl (C=O) groups excluding carboxylic acids is 1. The van der Waals surface area contributed by atoms with Crippen molar-refractivity contribution < 1.29 is 14.6 Å². The van der Waals surface area contributed by atoms with Crippen molar-refractivity contribution >= 4 is 33.7 Å². The highest BCUT2D eigenvalue weighted by Gasteiger charge is 2.31. The summed E-state index contributed by atoms with van der Waals surface area (Å²) in [6.07, 6.45) is 7.88. The number of carbonyl (C=O) groups is 1. The normalized spacial score (nSPS) is 21.9. The molecule has 1 saturated heterocycles. The molecule has 0 bridgehead atoms. The Morgan fingerprint density at radius 3 is 2.74 bits per heavy atom. The first-order valence-corrected chi connectivity index (χ1v) is 14.6. The van der Waals surface area contributed by atoms with Crippen molar-refractivity contribution in [3.8, 4) is 0 Å². The van der Waals surface area contributed by atoms with Crippen LogP contribution in [0.1, 0.15) is 61.6 Å². The van der Waals surface area contributed by atoms with Gasteiger partial charge in [0.15, 0.2) is 0 Å². The molecule has 0 radical (unpaired) electrons. The third-order valence-corrected chi connectivity index (χ3v) is 8.63. The first-order chi connectivity index (χ1) is 20.2. The first-order valence-electron chi connectivity index (χ1n) is 14.6. The highest BCUT2D eigenvalue weighted by molar-refractivity contribution is 6.05. The van der Waals surface area contributed by atoms with E-state index in [4.69, 9.17) is 16.4 Å². The number of fused-ring (bicyclic) bond motifs is 2. The van der Waals surface area contributed by atoms with Gasteiger partial charge in [0.2, 0.25) is 5.69 Å². The van der Waals surface area contributed by atoms with Gasteiger partial charge in [0.05, 0.1) is 42.1 Å². The zero-order valence-electron chi connectivity index (χ0n) is 24.4. The van der Waals surface area contributed by atoms with Gasteiger partial charge in [-0.1, -0.05) is 0 Å². The lowest BCUT2D eigenvalue weighted by Crippen LogP contribution is -2.55. The zero-order valence-corrected chi connectivity index (χ0v) is 24.4. The topological polar surface area (TPSA) is 113 Å². The monoisotopic (exact) mass is 570 g/mol. The van der Waals surface area contributed by atoms with Gasteiger partial charge in [-0.05, 0) is 69.9 Å². The number of aromatic nitrogens is 4. The summed E-state index contributed by atoms with van der Waals surface area (Å²) in [5.41, 5.74) is 2.12. The molecule has 42 heavy (non-hydrogen) atoms. The summed E-state index contributed by atoms with van der Waals surface area (Å²) in [5, 5.41) is 27.7. The third-order valence-electron chi connectivity index (χ3n) is 8.63. The maximum atomic E-state index is 13.4. The number of anilines is 1. The average molecular weight is 571 g/mol. The Morgan fingerprint density at radius 1 is 1.21 bits per heavy atom.